The summed E-state index contributed by atoms with van der Waals surface area (Å²) in [5.74, 6) is -0.399. The van der Waals surface area contributed by atoms with Crippen LogP contribution < -0.4 is 9.62 Å². The number of amides is 1. The molecule has 31 heavy (non-hydrogen) atoms. The zero-order valence-corrected chi connectivity index (χ0v) is 18.7. The van der Waals surface area contributed by atoms with E-state index in [9.17, 15) is 13.2 Å². The van der Waals surface area contributed by atoms with E-state index in [1.165, 1.54) is 14.1 Å². The van der Waals surface area contributed by atoms with E-state index < -0.39 is 22.2 Å². The molecule has 0 unspecified atom stereocenters. The topological polar surface area (TPSA) is 69.7 Å². The van der Waals surface area contributed by atoms with E-state index in [2.05, 4.69) is 5.32 Å². The third kappa shape index (κ3) is 5.51. The predicted octanol–water partition coefficient (Wildman–Crippen LogP) is 3.51. The van der Waals surface area contributed by atoms with Crippen LogP contribution in [0.4, 0.5) is 5.69 Å². The van der Waals surface area contributed by atoms with Crippen molar-refractivity contribution in [1.29, 1.82) is 0 Å². The van der Waals surface area contributed by atoms with Gasteiger partial charge in [0.2, 0.25) is 5.91 Å². The van der Waals surface area contributed by atoms with E-state index >= 15 is 0 Å². The Morgan fingerprint density at radius 2 is 1.35 bits per heavy atom. The Hall–Kier alpha value is -3.16. The highest BCUT2D eigenvalue weighted by Gasteiger charge is 2.28. The Morgan fingerprint density at radius 3 is 1.90 bits per heavy atom. The van der Waals surface area contributed by atoms with Crippen molar-refractivity contribution in [2.45, 2.75) is 13.0 Å². The fraction of sp³-hybridized carbons (Fsp3) is 0.208. The van der Waals surface area contributed by atoms with Gasteiger partial charge in [-0.1, -0.05) is 78.4 Å². The first-order valence-corrected chi connectivity index (χ1v) is 11.3. The normalized spacial score (nSPS) is 12.4. The number of anilines is 1. The molecule has 0 saturated heterocycles. The molecule has 3 rings (SSSR count). The molecule has 0 aliphatic carbocycles. The second-order valence-corrected chi connectivity index (χ2v) is 9.52. The fourth-order valence-electron chi connectivity index (χ4n) is 3.20. The highest BCUT2D eigenvalue weighted by Crippen LogP contribution is 2.23. The van der Waals surface area contributed by atoms with Gasteiger partial charge >= 0.3 is 10.2 Å². The van der Waals surface area contributed by atoms with Crippen molar-refractivity contribution in [2.24, 2.45) is 0 Å². The van der Waals surface area contributed by atoms with Gasteiger partial charge in [0.1, 0.15) is 6.54 Å². The maximum Gasteiger partial charge on any atom is 0.304 e. The Labute approximate surface area is 184 Å². The van der Waals surface area contributed by atoms with Gasteiger partial charge in [0.25, 0.3) is 0 Å². The number of nitrogens with zero attached hydrogens (tertiary/aromatic N) is 2. The van der Waals surface area contributed by atoms with E-state index in [0.29, 0.717) is 5.69 Å². The number of aryl methyl sites for hydroxylation is 1. The van der Waals surface area contributed by atoms with Crippen LogP contribution in [0.15, 0.2) is 84.9 Å². The van der Waals surface area contributed by atoms with Crippen molar-refractivity contribution >= 4 is 21.8 Å². The van der Waals surface area contributed by atoms with Gasteiger partial charge in [-0.25, -0.2) is 4.31 Å². The lowest BCUT2D eigenvalue weighted by Crippen LogP contribution is -2.46. The summed E-state index contributed by atoms with van der Waals surface area (Å²) in [7, 11) is -0.959. The summed E-state index contributed by atoms with van der Waals surface area (Å²) in [4.78, 5) is 13.1. The van der Waals surface area contributed by atoms with Crippen LogP contribution in [-0.2, 0) is 15.0 Å². The van der Waals surface area contributed by atoms with Crippen LogP contribution in [0.3, 0.4) is 0 Å². The Bertz CT molecular complexity index is 1100. The monoisotopic (exact) mass is 437 g/mol. The lowest BCUT2D eigenvalue weighted by atomic mass is 9.98. The largest absolute Gasteiger partial charge is 0.344 e. The van der Waals surface area contributed by atoms with Gasteiger partial charge in [-0.15, -0.1) is 0 Å². The number of rotatable bonds is 8. The quantitative estimate of drug-likeness (QED) is 0.586. The second kappa shape index (κ2) is 9.76. The van der Waals surface area contributed by atoms with E-state index in [1.807, 2.05) is 61.5 Å². The molecule has 0 aliphatic rings. The van der Waals surface area contributed by atoms with E-state index in [1.54, 1.807) is 30.3 Å². The van der Waals surface area contributed by atoms with Crippen LogP contribution in [0.2, 0.25) is 0 Å². The standard InChI is InChI=1S/C24H27N3O3S/c1-19-14-16-21(17-15-19)24(20-10-6-4-7-11-20)25-23(28)18-27(31(29,30)26(2)3)22-12-8-5-9-13-22/h4-17,24H,18H2,1-3H3,(H,25,28)/t24-/m1/s1. The molecular weight excluding hydrogens is 410 g/mol. The molecule has 0 saturated carbocycles. The Balaban J connectivity index is 1.90. The van der Waals surface area contributed by atoms with Crippen molar-refractivity contribution < 1.29 is 13.2 Å². The molecule has 0 aromatic heterocycles. The number of hydrogen-bond acceptors (Lipinski definition) is 3. The van der Waals surface area contributed by atoms with Gasteiger partial charge in [0.05, 0.1) is 11.7 Å². The molecule has 7 heteroatoms. The molecule has 6 nitrogen and oxygen atoms in total. The molecule has 1 atom stereocenters. The number of carbonyl (C=O) groups excluding carboxylic acids is 1. The minimum atomic E-state index is -3.85. The van der Waals surface area contributed by atoms with Crippen molar-refractivity contribution in [3.63, 3.8) is 0 Å². The fourth-order valence-corrected chi connectivity index (χ4v) is 4.26. The second-order valence-electron chi connectivity index (χ2n) is 7.45. The lowest BCUT2D eigenvalue weighted by Gasteiger charge is -2.28. The van der Waals surface area contributed by atoms with Crippen LogP contribution in [0.5, 0.6) is 0 Å². The molecule has 0 bridgehead atoms. The predicted molar refractivity (Wildman–Crippen MR) is 124 cm³/mol. The first-order chi connectivity index (χ1) is 14.8. The van der Waals surface area contributed by atoms with Gasteiger partial charge in [0.15, 0.2) is 0 Å². The van der Waals surface area contributed by atoms with Gasteiger partial charge in [0, 0.05) is 14.1 Å². The van der Waals surface area contributed by atoms with E-state index in [0.717, 1.165) is 25.3 Å². The van der Waals surface area contributed by atoms with Gasteiger partial charge in [-0.3, -0.25) is 4.79 Å². The maximum atomic E-state index is 13.1. The van der Waals surface area contributed by atoms with Crippen molar-refractivity contribution in [2.75, 3.05) is 24.9 Å². The molecule has 0 spiro atoms. The summed E-state index contributed by atoms with van der Waals surface area (Å²) >= 11 is 0. The van der Waals surface area contributed by atoms with E-state index in [-0.39, 0.29) is 6.54 Å². The zero-order chi connectivity index (χ0) is 22.4. The first-order valence-electron chi connectivity index (χ1n) is 9.95. The average Bonchev–Trinajstić information content (AvgIpc) is 2.77. The zero-order valence-electron chi connectivity index (χ0n) is 17.9. The highest BCUT2D eigenvalue weighted by atomic mass is 32.2. The van der Waals surface area contributed by atoms with Crippen molar-refractivity contribution in [1.82, 2.24) is 9.62 Å². The third-order valence-electron chi connectivity index (χ3n) is 4.92. The van der Waals surface area contributed by atoms with Crippen LogP contribution in [0.25, 0.3) is 0 Å². The molecule has 1 N–H and O–H groups in total. The van der Waals surface area contributed by atoms with Crippen LogP contribution in [0, 0.1) is 6.92 Å². The smallest absolute Gasteiger partial charge is 0.304 e. The molecule has 3 aromatic carbocycles. The van der Waals surface area contributed by atoms with Crippen molar-refractivity contribution in [3.05, 3.63) is 102 Å². The van der Waals surface area contributed by atoms with Gasteiger partial charge in [-0.05, 0) is 30.2 Å². The number of carbonyl (C=O) groups is 1. The number of benzene rings is 3. The molecule has 0 heterocycles. The van der Waals surface area contributed by atoms with Crippen LogP contribution in [-0.4, -0.2) is 39.3 Å². The summed E-state index contributed by atoms with van der Waals surface area (Å²) in [5, 5.41) is 3.02. The molecule has 0 radical (unpaired) electrons. The van der Waals surface area contributed by atoms with Crippen LogP contribution >= 0.6 is 0 Å². The third-order valence-corrected chi connectivity index (χ3v) is 6.74. The van der Waals surface area contributed by atoms with Gasteiger partial charge in [-0.2, -0.15) is 12.7 Å². The number of nitrogens with one attached hydrogen (secondary N) is 1. The summed E-state index contributed by atoms with van der Waals surface area (Å²) in [5.41, 5.74) is 3.39. The number of para-hydroxylation sites is 1. The summed E-state index contributed by atoms with van der Waals surface area (Å²) in [6.45, 7) is 1.67. The van der Waals surface area contributed by atoms with Crippen LogP contribution in [0.1, 0.15) is 22.7 Å². The highest BCUT2D eigenvalue weighted by molar-refractivity contribution is 7.90. The molecule has 1 amide bonds. The average molecular weight is 438 g/mol. The Kier molecular flexibility index (Phi) is 7.09. The number of hydrogen-bond donors (Lipinski definition) is 1. The van der Waals surface area contributed by atoms with Crippen molar-refractivity contribution in [3.8, 4) is 0 Å². The minimum absolute atomic E-state index is 0.334. The molecule has 3 aromatic rings. The van der Waals surface area contributed by atoms with E-state index in [4.69, 9.17) is 0 Å². The summed E-state index contributed by atoms with van der Waals surface area (Å²) < 4.78 is 28.0. The minimum Gasteiger partial charge on any atom is -0.344 e. The molecule has 162 valence electrons. The lowest BCUT2D eigenvalue weighted by molar-refractivity contribution is -0.120. The summed E-state index contributed by atoms with van der Waals surface area (Å²) in [6, 6.07) is 25.8. The maximum absolute atomic E-state index is 13.1. The first kappa shape index (κ1) is 22.5. The molecule has 0 aliphatic heterocycles. The molecular formula is C24H27N3O3S. The Morgan fingerprint density at radius 1 is 0.839 bits per heavy atom. The molecule has 0 fully saturated rings. The van der Waals surface area contributed by atoms with Gasteiger partial charge < -0.3 is 5.32 Å². The SMILES string of the molecule is Cc1ccc([C@H](NC(=O)CN(c2ccccc2)S(=O)(=O)N(C)C)c2ccccc2)cc1. The summed E-state index contributed by atoms with van der Waals surface area (Å²) in [6.07, 6.45) is 0.